The predicted molar refractivity (Wildman–Crippen MR) is 137 cm³/mol. The summed E-state index contributed by atoms with van der Waals surface area (Å²) >= 11 is 0. The summed E-state index contributed by atoms with van der Waals surface area (Å²) in [5.41, 5.74) is 2.00. The van der Waals surface area contributed by atoms with Crippen LogP contribution >= 0.6 is 0 Å². The third kappa shape index (κ3) is 6.08. The fourth-order valence-electron chi connectivity index (χ4n) is 3.75. The number of amides is 1. The van der Waals surface area contributed by atoms with Crippen molar-refractivity contribution in [1.29, 1.82) is 5.26 Å². The predicted octanol–water partition coefficient (Wildman–Crippen LogP) is 5.81. The molecule has 3 aromatic rings. The lowest BCUT2D eigenvalue weighted by atomic mass is 10.0. The van der Waals surface area contributed by atoms with Gasteiger partial charge in [-0.15, -0.1) is 6.58 Å². The molecule has 3 aromatic carbocycles. The molecule has 7 nitrogen and oxygen atoms in total. The van der Waals surface area contributed by atoms with E-state index in [-0.39, 0.29) is 24.7 Å². The number of hydrogen-bond donors (Lipinski definition) is 1. The average Bonchev–Trinajstić information content (AvgIpc) is 3.36. The molecule has 0 spiro atoms. The topological polar surface area (TPSA) is 89.8 Å². The van der Waals surface area contributed by atoms with E-state index in [9.17, 15) is 14.4 Å². The number of nitrogens with zero attached hydrogens (tertiary/aromatic N) is 1. The minimum absolute atomic E-state index is 0.0109. The van der Waals surface area contributed by atoms with Crippen LogP contribution in [0.25, 0.3) is 6.08 Å². The van der Waals surface area contributed by atoms with Crippen molar-refractivity contribution in [2.45, 2.75) is 20.0 Å². The summed E-state index contributed by atoms with van der Waals surface area (Å²) in [6.07, 6.45) is 3.61. The zero-order chi connectivity index (χ0) is 26.2. The van der Waals surface area contributed by atoms with E-state index in [0.717, 1.165) is 11.1 Å². The molecule has 0 unspecified atom stereocenters. The Bertz CT molecular complexity index is 1390. The Morgan fingerprint density at radius 2 is 1.97 bits per heavy atom. The van der Waals surface area contributed by atoms with Gasteiger partial charge in [0.05, 0.1) is 12.3 Å². The van der Waals surface area contributed by atoms with Gasteiger partial charge in [-0.3, -0.25) is 4.79 Å². The number of carbonyl (C=O) groups excluding carboxylic acids is 1. The van der Waals surface area contributed by atoms with E-state index < -0.39 is 11.7 Å². The molecule has 0 aromatic heterocycles. The monoisotopic (exact) mass is 500 g/mol. The van der Waals surface area contributed by atoms with Crippen LogP contribution in [0.5, 0.6) is 23.0 Å². The van der Waals surface area contributed by atoms with Crippen LogP contribution in [-0.2, 0) is 17.8 Å². The van der Waals surface area contributed by atoms with Crippen LogP contribution in [0.1, 0.15) is 23.6 Å². The molecule has 37 heavy (non-hydrogen) atoms. The lowest BCUT2D eigenvalue weighted by Crippen LogP contribution is -2.14. The lowest BCUT2D eigenvalue weighted by Gasteiger charge is -2.17. The third-order valence-electron chi connectivity index (χ3n) is 5.44. The molecule has 0 saturated carbocycles. The number of fused-ring (bicyclic) bond motifs is 1. The highest BCUT2D eigenvalue weighted by atomic mass is 19.1. The average molecular weight is 501 g/mol. The second-order valence-corrected chi connectivity index (χ2v) is 8.01. The molecule has 0 atom stereocenters. The second-order valence-electron chi connectivity index (χ2n) is 8.01. The van der Waals surface area contributed by atoms with Crippen LogP contribution in [0.2, 0.25) is 0 Å². The van der Waals surface area contributed by atoms with Crippen molar-refractivity contribution in [3.8, 4) is 29.1 Å². The molecule has 0 aliphatic carbocycles. The van der Waals surface area contributed by atoms with E-state index in [0.29, 0.717) is 41.6 Å². The van der Waals surface area contributed by atoms with Gasteiger partial charge < -0.3 is 24.3 Å². The molecule has 1 aliphatic heterocycles. The van der Waals surface area contributed by atoms with E-state index in [1.807, 2.05) is 31.2 Å². The summed E-state index contributed by atoms with van der Waals surface area (Å²) in [4.78, 5) is 12.7. The van der Waals surface area contributed by atoms with Crippen molar-refractivity contribution < 1.29 is 28.1 Å². The molecule has 1 N–H and O–H groups in total. The number of rotatable bonds is 10. The number of halogens is 1. The number of para-hydroxylation sites is 1. The first-order valence-corrected chi connectivity index (χ1v) is 11.6. The van der Waals surface area contributed by atoms with E-state index in [2.05, 4.69) is 11.9 Å². The maximum atomic E-state index is 14.0. The molecule has 8 heteroatoms. The van der Waals surface area contributed by atoms with Crippen LogP contribution in [0.4, 0.5) is 10.1 Å². The molecular weight excluding hydrogens is 475 g/mol. The molecule has 0 bridgehead atoms. The first-order valence-electron chi connectivity index (χ1n) is 11.6. The number of hydrogen-bond acceptors (Lipinski definition) is 6. The Labute approximate surface area is 214 Å². The first-order chi connectivity index (χ1) is 18.0. The van der Waals surface area contributed by atoms with Crippen LogP contribution in [0, 0.1) is 17.1 Å². The van der Waals surface area contributed by atoms with Crippen molar-refractivity contribution in [3.05, 3.63) is 95.3 Å². The zero-order valence-electron chi connectivity index (χ0n) is 20.3. The highest BCUT2D eigenvalue weighted by molar-refractivity contribution is 6.09. The van der Waals surface area contributed by atoms with E-state index >= 15 is 0 Å². The maximum absolute atomic E-state index is 14.0. The van der Waals surface area contributed by atoms with Gasteiger partial charge in [0, 0.05) is 5.56 Å². The van der Waals surface area contributed by atoms with E-state index in [1.54, 1.807) is 24.3 Å². The maximum Gasteiger partial charge on any atom is 0.266 e. The number of nitriles is 1. The van der Waals surface area contributed by atoms with E-state index in [4.69, 9.17) is 18.9 Å². The van der Waals surface area contributed by atoms with Crippen molar-refractivity contribution in [3.63, 3.8) is 0 Å². The summed E-state index contributed by atoms with van der Waals surface area (Å²) in [7, 11) is 0. The Morgan fingerprint density at radius 3 is 2.73 bits per heavy atom. The molecule has 1 heterocycles. The number of allylic oxidation sites excluding steroid dienone is 1. The normalized spacial score (nSPS) is 12.0. The van der Waals surface area contributed by atoms with Gasteiger partial charge in [-0.2, -0.15) is 5.26 Å². The van der Waals surface area contributed by atoms with Crippen LogP contribution in [-0.4, -0.2) is 19.3 Å². The summed E-state index contributed by atoms with van der Waals surface area (Å²) in [6.45, 7) is 6.49. The highest BCUT2D eigenvalue weighted by Crippen LogP contribution is 2.37. The molecular formula is C29H25FN2O5. The molecule has 0 radical (unpaired) electrons. The van der Waals surface area contributed by atoms with Crippen LogP contribution in [0.15, 0.2) is 72.8 Å². The van der Waals surface area contributed by atoms with Gasteiger partial charge in [-0.05, 0) is 66.9 Å². The summed E-state index contributed by atoms with van der Waals surface area (Å²) in [5.74, 6) is 1.03. The lowest BCUT2D eigenvalue weighted by molar-refractivity contribution is -0.112. The Hall–Kier alpha value is -4.77. The highest BCUT2D eigenvalue weighted by Gasteiger charge is 2.17. The van der Waals surface area contributed by atoms with Gasteiger partial charge in [0.2, 0.25) is 6.79 Å². The van der Waals surface area contributed by atoms with Crippen LogP contribution in [0.3, 0.4) is 0 Å². The van der Waals surface area contributed by atoms with Gasteiger partial charge in [-0.1, -0.05) is 24.3 Å². The van der Waals surface area contributed by atoms with Crippen molar-refractivity contribution >= 4 is 17.7 Å². The number of ether oxygens (including phenoxy) is 4. The Balaban J connectivity index is 1.62. The second kappa shape index (κ2) is 11.8. The van der Waals surface area contributed by atoms with Gasteiger partial charge in [0.1, 0.15) is 24.1 Å². The molecule has 0 saturated heterocycles. The number of nitrogens with one attached hydrogen (secondary N) is 1. The minimum Gasteiger partial charge on any atom is -0.490 e. The summed E-state index contributed by atoms with van der Waals surface area (Å²) in [5, 5.41) is 12.1. The summed E-state index contributed by atoms with van der Waals surface area (Å²) in [6, 6.07) is 16.7. The summed E-state index contributed by atoms with van der Waals surface area (Å²) < 4.78 is 36.8. The zero-order valence-corrected chi connectivity index (χ0v) is 20.3. The van der Waals surface area contributed by atoms with Crippen LogP contribution < -0.4 is 24.3 Å². The molecule has 4 rings (SSSR count). The number of anilines is 1. The third-order valence-corrected chi connectivity index (χ3v) is 5.44. The van der Waals surface area contributed by atoms with Crippen molar-refractivity contribution in [1.82, 2.24) is 0 Å². The molecule has 0 fully saturated rings. The number of benzene rings is 3. The fraction of sp³-hybridized carbons (Fsp3) is 0.172. The quantitative estimate of drug-likeness (QED) is 0.215. The SMILES string of the molecule is C=CCc1cc(/C=C(/C#N)C(=O)Nc2ccccc2F)cc(OCC)c1OCc1ccc2c(c1)OCO2. The van der Waals surface area contributed by atoms with Gasteiger partial charge in [0.25, 0.3) is 5.91 Å². The minimum atomic E-state index is -0.723. The van der Waals surface area contributed by atoms with Gasteiger partial charge in [0.15, 0.2) is 23.0 Å². The number of carbonyl (C=O) groups is 1. The molecule has 188 valence electrons. The smallest absolute Gasteiger partial charge is 0.266 e. The first kappa shape index (κ1) is 25.3. The van der Waals surface area contributed by atoms with E-state index in [1.165, 1.54) is 24.3 Å². The Morgan fingerprint density at radius 1 is 1.16 bits per heavy atom. The molecule has 1 amide bonds. The van der Waals surface area contributed by atoms with Gasteiger partial charge >= 0.3 is 0 Å². The molecule has 1 aliphatic rings. The fourth-order valence-corrected chi connectivity index (χ4v) is 3.75. The van der Waals surface area contributed by atoms with Gasteiger partial charge in [-0.25, -0.2) is 4.39 Å². The van der Waals surface area contributed by atoms with Crippen molar-refractivity contribution in [2.75, 3.05) is 18.7 Å². The van der Waals surface area contributed by atoms with Crippen molar-refractivity contribution in [2.24, 2.45) is 0 Å². The largest absolute Gasteiger partial charge is 0.490 e. The standard InChI is InChI=1S/C29H25FN2O5/c1-3-7-21-12-20(13-22(16-31)29(33)32-24-9-6-5-8-23(24)30)15-27(34-4-2)28(21)35-17-19-10-11-25-26(14-19)37-18-36-25/h3,5-6,8-15H,1,4,7,17-18H2,2H3,(H,32,33)/b22-13-. The Kier molecular flexibility index (Phi) is 8.06.